The predicted octanol–water partition coefficient (Wildman–Crippen LogP) is 4.28. The van der Waals surface area contributed by atoms with Gasteiger partial charge >= 0.3 is 0 Å². The molecule has 1 saturated heterocycles. The van der Waals surface area contributed by atoms with Gasteiger partial charge in [-0.3, -0.25) is 4.79 Å². The lowest BCUT2D eigenvalue weighted by Crippen LogP contribution is -2.64. The van der Waals surface area contributed by atoms with Crippen molar-refractivity contribution < 1.29 is 9.53 Å². The quantitative estimate of drug-likeness (QED) is 0.606. The van der Waals surface area contributed by atoms with Crippen LogP contribution >= 0.6 is 0 Å². The Bertz CT molecular complexity index is 943. The second kappa shape index (κ2) is 7.77. The third-order valence-corrected chi connectivity index (χ3v) is 5.40. The summed E-state index contributed by atoms with van der Waals surface area (Å²) in [5.41, 5.74) is 3.19. The van der Waals surface area contributed by atoms with E-state index in [9.17, 15) is 4.79 Å². The molecule has 1 aliphatic rings. The molecule has 3 aromatic carbocycles. The number of benzene rings is 3. The van der Waals surface area contributed by atoms with E-state index in [1.165, 1.54) is 0 Å². The fourth-order valence-electron chi connectivity index (χ4n) is 3.94. The number of ether oxygens (including phenoxy) is 1. The van der Waals surface area contributed by atoms with Crippen molar-refractivity contribution in [3.8, 4) is 5.75 Å². The third-order valence-electron chi connectivity index (χ3n) is 5.40. The molecule has 0 aliphatic carbocycles. The Hall–Kier alpha value is -3.27. The summed E-state index contributed by atoms with van der Waals surface area (Å²) in [5, 5.41) is 0. The molecule has 0 radical (unpaired) electrons. The van der Waals surface area contributed by atoms with Gasteiger partial charge in [-0.2, -0.15) is 0 Å². The van der Waals surface area contributed by atoms with Gasteiger partial charge in [0.25, 0.3) is 0 Å². The smallest absolute Gasteiger partial charge is 0.248 e. The highest BCUT2D eigenvalue weighted by atomic mass is 16.5. The number of amides is 1. The predicted molar refractivity (Wildman–Crippen MR) is 111 cm³/mol. The molecule has 2 atom stereocenters. The summed E-state index contributed by atoms with van der Waals surface area (Å²) in [6.07, 6.45) is 0. The van der Waals surface area contributed by atoms with E-state index in [1.54, 1.807) is 7.11 Å². The van der Waals surface area contributed by atoms with Gasteiger partial charge in [0.15, 0.2) is 0 Å². The van der Waals surface area contributed by atoms with Gasteiger partial charge in [0, 0.05) is 24.8 Å². The molecule has 0 saturated carbocycles. The van der Waals surface area contributed by atoms with Crippen LogP contribution in [0.1, 0.15) is 17.2 Å². The van der Waals surface area contributed by atoms with E-state index in [2.05, 4.69) is 23.1 Å². The molecule has 0 aromatic heterocycles. The molecule has 0 bridgehead atoms. The summed E-state index contributed by atoms with van der Waals surface area (Å²) < 4.78 is 5.61. The molecule has 0 N–H and O–H groups in total. The van der Waals surface area contributed by atoms with E-state index in [4.69, 9.17) is 4.74 Å². The molecular weight excluding hydrogens is 348 g/mol. The molecule has 2 unspecified atom stereocenters. The Kier molecular flexibility index (Phi) is 5.02. The lowest BCUT2D eigenvalue weighted by molar-refractivity contribution is -0.150. The van der Waals surface area contributed by atoms with Gasteiger partial charge < -0.3 is 14.5 Å². The normalized spacial score (nSPS) is 18.5. The van der Waals surface area contributed by atoms with Crippen LogP contribution in [0.15, 0.2) is 84.9 Å². The summed E-state index contributed by atoms with van der Waals surface area (Å²) >= 11 is 0. The number of rotatable bonds is 6. The van der Waals surface area contributed by atoms with Gasteiger partial charge in [0.05, 0.1) is 13.2 Å². The molecule has 3 aromatic rings. The first-order valence-electron chi connectivity index (χ1n) is 9.46. The molecule has 142 valence electrons. The average Bonchev–Trinajstić information content (AvgIpc) is 2.76. The van der Waals surface area contributed by atoms with Gasteiger partial charge in [0.1, 0.15) is 11.8 Å². The summed E-state index contributed by atoms with van der Waals surface area (Å²) in [6.45, 7) is 0.585. The van der Waals surface area contributed by atoms with Crippen molar-refractivity contribution in [2.75, 3.05) is 19.1 Å². The monoisotopic (exact) mass is 372 g/mol. The van der Waals surface area contributed by atoms with E-state index in [0.29, 0.717) is 6.54 Å². The molecule has 1 fully saturated rings. The number of para-hydroxylation sites is 2. The van der Waals surface area contributed by atoms with Gasteiger partial charge in [-0.15, -0.1) is 0 Å². The maximum Gasteiger partial charge on any atom is 0.248 e. The molecule has 1 aliphatic heterocycles. The molecule has 28 heavy (non-hydrogen) atoms. The highest BCUT2D eigenvalue weighted by molar-refractivity contribution is 5.93. The average molecular weight is 372 g/mol. The minimum atomic E-state index is -0.262. The fourth-order valence-corrected chi connectivity index (χ4v) is 3.94. The number of carbonyl (C=O) groups excluding carboxylic acids is 1. The van der Waals surface area contributed by atoms with Crippen LogP contribution in [0.4, 0.5) is 5.69 Å². The highest BCUT2D eigenvalue weighted by Crippen LogP contribution is 2.43. The van der Waals surface area contributed by atoms with E-state index in [0.717, 1.165) is 22.6 Å². The van der Waals surface area contributed by atoms with Gasteiger partial charge in [-0.1, -0.05) is 66.7 Å². The number of hydrogen-bond acceptors (Lipinski definition) is 3. The number of anilines is 1. The summed E-state index contributed by atoms with van der Waals surface area (Å²) in [7, 11) is 3.66. The van der Waals surface area contributed by atoms with Crippen LogP contribution < -0.4 is 9.64 Å². The number of β-lactam (4-membered cyclic amide) rings is 1. The number of likely N-dealkylation sites (N-methyl/N-ethyl adjacent to an activating group) is 1. The number of likely N-dealkylation sites (tertiary alicyclic amines) is 1. The maximum atomic E-state index is 13.2. The van der Waals surface area contributed by atoms with Crippen molar-refractivity contribution in [1.82, 2.24) is 4.90 Å². The van der Waals surface area contributed by atoms with Crippen LogP contribution in [0.3, 0.4) is 0 Å². The molecule has 1 heterocycles. The minimum Gasteiger partial charge on any atom is -0.496 e. The molecule has 0 spiro atoms. The van der Waals surface area contributed by atoms with Crippen molar-refractivity contribution in [2.45, 2.75) is 18.6 Å². The number of nitrogens with zero attached hydrogens (tertiary/aromatic N) is 2. The van der Waals surface area contributed by atoms with E-state index in [1.807, 2.05) is 78.7 Å². The molecule has 4 rings (SSSR count). The number of hydrogen-bond donors (Lipinski definition) is 0. The Morgan fingerprint density at radius 1 is 0.893 bits per heavy atom. The number of methoxy groups -OCH3 is 1. The van der Waals surface area contributed by atoms with Gasteiger partial charge in [0.2, 0.25) is 5.91 Å². The molecule has 1 amide bonds. The van der Waals surface area contributed by atoms with E-state index < -0.39 is 0 Å². The SMILES string of the molecule is COc1ccccc1C1C(N(C)c2ccccc2)C(=O)N1Cc1ccccc1. The summed E-state index contributed by atoms with van der Waals surface area (Å²) in [5.74, 6) is 0.940. The van der Waals surface area contributed by atoms with Gasteiger partial charge in [-0.25, -0.2) is 0 Å². The first-order chi connectivity index (χ1) is 13.7. The Morgan fingerprint density at radius 2 is 1.50 bits per heavy atom. The van der Waals surface area contributed by atoms with Crippen molar-refractivity contribution in [3.05, 3.63) is 96.1 Å². The molecule has 4 heteroatoms. The Balaban J connectivity index is 1.70. The van der Waals surface area contributed by atoms with Crippen LogP contribution in [-0.4, -0.2) is 31.0 Å². The Labute approximate surface area is 166 Å². The highest BCUT2D eigenvalue weighted by Gasteiger charge is 2.51. The minimum absolute atomic E-state index is 0.0749. The van der Waals surface area contributed by atoms with Crippen molar-refractivity contribution >= 4 is 11.6 Å². The summed E-state index contributed by atoms with van der Waals surface area (Å²) in [4.78, 5) is 17.2. The van der Waals surface area contributed by atoms with Crippen LogP contribution in [-0.2, 0) is 11.3 Å². The topological polar surface area (TPSA) is 32.8 Å². The van der Waals surface area contributed by atoms with Crippen LogP contribution in [0.5, 0.6) is 5.75 Å². The van der Waals surface area contributed by atoms with Crippen molar-refractivity contribution in [2.24, 2.45) is 0 Å². The van der Waals surface area contributed by atoms with Crippen molar-refractivity contribution in [1.29, 1.82) is 0 Å². The zero-order chi connectivity index (χ0) is 19.5. The standard InChI is InChI=1S/C24H24N2O2/c1-25(19-13-7-4-8-14-19)23-22(20-15-9-10-16-21(20)28-2)26(24(23)27)17-18-11-5-3-6-12-18/h3-16,22-23H,17H2,1-2H3. The van der Waals surface area contributed by atoms with Crippen molar-refractivity contribution in [3.63, 3.8) is 0 Å². The molecular formula is C24H24N2O2. The summed E-state index contributed by atoms with van der Waals surface area (Å²) in [6, 6.07) is 27.8. The first kappa shape index (κ1) is 18.1. The van der Waals surface area contributed by atoms with Crippen LogP contribution in [0.25, 0.3) is 0 Å². The van der Waals surface area contributed by atoms with E-state index >= 15 is 0 Å². The largest absolute Gasteiger partial charge is 0.496 e. The van der Waals surface area contributed by atoms with E-state index in [-0.39, 0.29) is 18.0 Å². The third kappa shape index (κ3) is 3.22. The lowest BCUT2D eigenvalue weighted by Gasteiger charge is -2.51. The van der Waals surface area contributed by atoms with Gasteiger partial charge in [-0.05, 0) is 23.8 Å². The lowest BCUT2D eigenvalue weighted by atomic mass is 9.86. The zero-order valence-corrected chi connectivity index (χ0v) is 16.2. The Morgan fingerprint density at radius 3 is 2.18 bits per heavy atom. The van der Waals surface area contributed by atoms with Crippen LogP contribution in [0, 0.1) is 0 Å². The van der Waals surface area contributed by atoms with Crippen LogP contribution in [0.2, 0.25) is 0 Å². The second-order valence-corrected chi connectivity index (χ2v) is 7.03. The molecule has 4 nitrogen and oxygen atoms in total. The maximum absolute atomic E-state index is 13.2. The fraction of sp³-hybridized carbons (Fsp3) is 0.208. The zero-order valence-electron chi connectivity index (χ0n) is 16.2. The first-order valence-corrected chi connectivity index (χ1v) is 9.46. The second-order valence-electron chi connectivity index (χ2n) is 7.03. The number of carbonyl (C=O) groups is 1.